The van der Waals surface area contributed by atoms with E-state index in [-0.39, 0.29) is 11.7 Å². The number of carbonyl (C=O) groups is 1. The zero-order valence-electron chi connectivity index (χ0n) is 9.88. The van der Waals surface area contributed by atoms with Crippen LogP contribution in [0.15, 0.2) is 28.7 Å². The van der Waals surface area contributed by atoms with Gasteiger partial charge in [0.1, 0.15) is 5.82 Å². The summed E-state index contributed by atoms with van der Waals surface area (Å²) in [6.07, 6.45) is 0. The highest BCUT2D eigenvalue weighted by atomic mass is 79.9. The highest BCUT2D eigenvalue weighted by Crippen LogP contribution is 2.23. The molecule has 94 valence electrons. The molecule has 0 saturated carbocycles. The SMILES string of the molecule is Cc1cc(C(=O)Nc2ccc(F)c(Br)c2)sc1C. The zero-order valence-corrected chi connectivity index (χ0v) is 12.3. The fraction of sp³-hybridized carbons (Fsp3) is 0.154. The van der Waals surface area contributed by atoms with E-state index >= 15 is 0 Å². The molecular formula is C13H11BrFNOS. The second-order valence-corrected chi connectivity index (χ2v) is 6.04. The molecule has 0 saturated heterocycles. The molecule has 1 heterocycles. The predicted molar refractivity (Wildman–Crippen MR) is 75.8 cm³/mol. The molecule has 2 nitrogen and oxygen atoms in total. The van der Waals surface area contributed by atoms with Gasteiger partial charge in [-0.2, -0.15) is 0 Å². The number of carbonyl (C=O) groups excluding carboxylic acids is 1. The first-order valence-electron chi connectivity index (χ1n) is 5.31. The van der Waals surface area contributed by atoms with Crippen molar-refractivity contribution < 1.29 is 9.18 Å². The average molecular weight is 328 g/mol. The van der Waals surface area contributed by atoms with E-state index in [1.54, 1.807) is 6.07 Å². The van der Waals surface area contributed by atoms with Crippen LogP contribution < -0.4 is 5.32 Å². The third-order valence-corrected chi connectivity index (χ3v) is 4.33. The first-order valence-corrected chi connectivity index (χ1v) is 6.92. The second-order valence-electron chi connectivity index (χ2n) is 3.93. The van der Waals surface area contributed by atoms with Crippen LogP contribution in [-0.4, -0.2) is 5.91 Å². The Hall–Kier alpha value is -1.20. The minimum Gasteiger partial charge on any atom is -0.321 e. The molecule has 1 aromatic carbocycles. The second kappa shape index (κ2) is 5.20. The highest BCUT2D eigenvalue weighted by Gasteiger charge is 2.11. The molecule has 0 spiro atoms. The van der Waals surface area contributed by atoms with Gasteiger partial charge in [-0.1, -0.05) is 0 Å². The summed E-state index contributed by atoms with van der Waals surface area (Å²) in [5, 5.41) is 2.74. The van der Waals surface area contributed by atoms with Crippen molar-refractivity contribution in [3.8, 4) is 0 Å². The van der Waals surface area contributed by atoms with E-state index in [9.17, 15) is 9.18 Å². The number of rotatable bonds is 2. The quantitative estimate of drug-likeness (QED) is 0.863. The number of benzene rings is 1. The van der Waals surface area contributed by atoms with Crippen molar-refractivity contribution in [2.24, 2.45) is 0 Å². The van der Waals surface area contributed by atoms with Gasteiger partial charge in [0.05, 0.1) is 9.35 Å². The van der Waals surface area contributed by atoms with Gasteiger partial charge in [-0.25, -0.2) is 4.39 Å². The lowest BCUT2D eigenvalue weighted by Gasteiger charge is -2.04. The summed E-state index contributed by atoms with van der Waals surface area (Å²) in [6, 6.07) is 6.24. The minimum atomic E-state index is -0.351. The predicted octanol–water partition coefficient (Wildman–Crippen LogP) is 4.52. The number of hydrogen-bond acceptors (Lipinski definition) is 2. The fourth-order valence-electron chi connectivity index (χ4n) is 1.45. The molecule has 1 N–H and O–H groups in total. The van der Waals surface area contributed by atoms with Crippen LogP contribution in [-0.2, 0) is 0 Å². The molecule has 2 rings (SSSR count). The lowest BCUT2D eigenvalue weighted by atomic mass is 10.2. The Bertz CT molecular complexity index is 590. The number of halogens is 2. The summed E-state index contributed by atoms with van der Waals surface area (Å²) >= 11 is 4.54. The molecule has 18 heavy (non-hydrogen) atoms. The number of thiophene rings is 1. The first kappa shape index (κ1) is 13.2. The summed E-state index contributed by atoms with van der Waals surface area (Å²) in [7, 11) is 0. The van der Waals surface area contributed by atoms with Gasteiger partial charge >= 0.3 is 0 Å². The summed E-state index contributed by atoms with van der Waals surface area (Å²) < 4.78 is 13.4. The van der Waals surface area contributed by atoms with E-state index in [0.717, 1.165) is 10.4 Å². The standard InChI is InChI=1S/C13H11BrFNOS/c1-7-5-12(18-8(7)2)13(17)16-9-3-4-11(15)10(14)6-9/h3-6H,1-2H3,(H,16,17). The Morgan fingerprint density at radius 2 is 2.06 bits per heavy atom. The third kappa shape index (κ3) is 2.79. The Balaban J connectivity index is 2.18. The van der Waals surface area contributed by atoms with E-state index in [1.165, 1.54) is 23.5 Å². The van der Waals surface area contributed by atoms with Crippen LogP contribution in [0.4, 0.5) is 10.1 Å². The maximum Gasteiger partial charge on any atom is 0.265 e. The van der Waals surface area contributed by atoms with Crippen molar-refractivity contribution in [1.29, 1.82) is 0 Å². The maximum absolute atomic E-state index is 13.1. The number of anilines is 1. The minimum absolute atomic E-state index is 0.172. The Labute approximate surface area is 117 Å². The molecule has 0 aliphatic heterocycles. The lowest BCUT2D eigenvalue weighted by Crippen LogP contribution is -2.10. The summed E-state index contributed by atoms with van der Waals surface area (Å²) in [5.41, 5.74) is 1.67. The van der Waals surface area contributed by atoms with Crippen LogP contribution in [0.3, 0.4) is 0 Å². The number of hydrogen-bond donors (Lipinski definition) is 1. The number of amides is 1. The average Bonchev–Trinajstić information content (AvgIpc) is 2.65. The van der Waals surface area contributed by atoms with Crippen molar-refractivity contribution in [2.75, 3.05) is 5.32 Å². The highest BCUT2D eigenvalue weighted by molar-refractivity contribution is 9.10. The molecule has 0 aliphatic carbocycles. The largest absolute Gasteiger partial charge is 0.321 e. The Morgan fingerprint density at radius 3 is 2.61 bits per heavy atom. The van der Waals surface area contributed by atoms with E-state index < -0.39 is 0 Å². The summed E-state index contributed by atoms with van der Waals surface area (Å²) in [5.74, 6) is -0.523. The van der Waals surface area contributed by atoms with Crippen LogP contribution in [0.25, 0.3) is 0 Å². The van der Waals surface area contributed by atoms with Gasteiger partial charge in [-0.3, -0.25) is 4.79 Å². The molecule has 0 fully saturated rings. The van der Waals surface area contributed by atoms with Crippen LogP contribution in [0.2, 0.25) is 0 Å². The number of aryl methyl sites for hydroxylation is 2. The van der Waals surface area contributed by atoms with Crippen molar-refractivity contribution in [3.05, 3.63) is 49.9 Å². The normalized spacial score (nSPS) is 10.4. The molecule has 0 radical (unpaired) electrons. The van der Waals surface area contributed by atoms with Crippen LogP contribution in [0, 0.1) is 19.7 Å². The van der Waals surface area contributed by atoms with E-state index in [1.807, 2.05) is 19.9 Å². The molecule has 0 bridgehead atoms. The van der Waals surface area contributed by atoms with Gasteiger partial charge in [-0.15, -0.1) is 11.3 Å². The van der Waals surface area contributed by atoms with Crippen molar-refractivity contribution in [1.82, 2.24) is 0 Å². The lowest BCUT2D eigenvalue weighted by molar-refractivity contribution is 0.103. The number of nitrogens with one attached hydrogen (secondary N) is 1. The summed E-state index contributed by atoms with van der Waals surface area (Å²) in [6.45, 7) is 3.95. The van der Waals surface area contributed by atoms with E-state index in [2.05, 4.69) is 21.2 Å². The van der Waals surface area contributed by atoms with Gasteiger partial charge in [0.2, 0.25) is 0 Å². The van der Waals surface area contributed by atoms with Crippen LogP contribution in [0.5, 0.6) is 0 Å². The Morgan fingerprint density at radius 1 is 1.33 bits per heavy atom. The Kier molecular flexibility index (Phi) is 3.82. The molecule has 5 heteroatoms. The smallest absolute Gasteiger partial charge is 0.265 e. The monoisotopic (exact) mass is 327 g/mol. The van der Waals surface area contributed by atoms with E-state index in [0.29, 0.717) is 15.0 Å². The van der Waals surface area contributed by atoms with Crippen molar-refractivity contribution in [2.45, 2.75) is 13.8 Å². The maximum atomic E-state index is 13.1. The molecule has 0 aliphatic rings. The van der Waals surface area contributed by atoms with Gasteiger partial charge < -0.3 is 5.32 Å². The molecule has 0 unspecified atom stereocenters. The van der Waals surface area contributed by atoms with Crippen LogP contribution in [0.1, 0.15) is 20.1 Å². The summed E-state index contributed by atoms with van der Waals surface area (Å²) in [4.78, 5) is 13.7. The van der Waals surface area contributed by atoms with Gasteiger partial charge in [0, 0.05) is 10.6 Å². The van der Waals surface area contributed by atoms with Crippen molar-refractivity contribution >= 4 is 38.9 Å². The molecule has 1 aromatic heterocycles. The molecule has 2 aromatic rings. The first-order chi connectivity index (χ1) is 8.47. The molecule has 1 amide bonds. The van der Waals surface area contributed by atoms with Gasteiger partial charge in [-0.05, 0) is 59.6 Å². The fourth-order valence-corrected chi connectivity index (χ4v) is 2.76. The third-order valence-electron chi connectivity index (χ3n) is 2.57. The van der Waals surface area contributed by atoms with Crippen LogP contribution >= 0.6 is 27.3 Å². The van der Waals surface area contributed by atoms with Gasteiger partial charge in [0.15, 0.2) is 0 Å². The molecule has 0 atom stereocenters. The van der Waals surface area contributed by atoms with Crippen molar-refractivity contribution in [3.63, 3.8) is 0 Å². The van der Waals surface area contributed by atoms with E-state index in [4.69, 9.17) is 0 Å². The zero-order chi connectivity index (χ0) is 13.3. The molecular weight excluding hydrogens is 317 g/mol. The van der Waals surface area contributed by atoms with Gasteiger partial charge in [0.25, 0.3) is 5.91 Å². The topological polar surface area (TPSA) is 29.1 Å².